The third-order valence-electron chi connectivity index (χ3n) is 6.46. The summed E-state index contributed by atoms with van der Waals surface area (Å²) in [5.74, 6) is 0.455. The molecular weight excluding hydrogens is 274 g/mol. The Balaban J connectivity index is 1.61. The van der Waals surface area contributed by atoms with E-state index in [1.54, 1.807) is 0 Å². The number of hydrogen-bond acceptors (Lipinski definition) is 2. The molecule has 5 rings (SSSR count). The monoisotopic (exact) mass is 293 g/mol. The lowest BCUT2D eigenvalue weighted by molar-refractivity contribution is -0.123. The molecule has 2 amide bonds. The van der Waals surface area contributed by atoms with Crippen LogP contribution in [0.3, 0.4) is 0 Å². The van der Waals surface area contributed by atoms with Crippen molar-refractivity contribution >= 4 is 17.5 Å². The lowest BCUT2D eigenvalue weighted by Crippen LogP contribution is -2.35. The maximum absolute atomic E-state index is 13.0. The first kappa shape index (κ1) is 12.6. The minimum Gasteiger partial charge on any atom is -0.274 e. The van der Waals surface area contributed by atoms with Crippen molar-refractivity contribution < 1.29 is 9.59 Å². The van der Waals surface area contributed by atoms with Crippen molar-refractivity contribution in [2.75, 3.05) is 4.90 Å². The number of hydrogen-bond donors (Lipinski definition) is 0. The van der Waals surface area contributed by atoms with E-state index in [-0.39, 0.29) is 29.1 Å². The molecule has 3 aliphatic carbocycles. The van der Waals surface area contributed by atoms with Gasteiger partial charge in [-0.2, -0.15) is 0 Å². The molecule has 3 heteroatoms. The predicted molar refractivity (Wildman–Crippen MR) is 83.2 cm³/mol. The first-order valence-corrected chi connectivity index (χ1v) is 8.18. The Labute approximate surface area is 130 Å². The molecule has 1 spiro atoms. The number of nitrogens with zero attached hydrogens (tertiary/aromatic N) is 1. The number of fused-ring (bicyclic) bond motifs is 3. The maximum Gasteiger partial charge on any atom is 0.238 e. The molecule has 112 valence electrons. The Bertz CT molecular complexity index is 725. The summed E-state index contributed by atoms with van der Waals surface area (Å²) in [7, 11) is 0. The minimum absolute atomic E-state index is 0.0341. The van der Waals surface area contributed by atoms with Crippen molar-refractivity contribution in [3.8, 4) is 0 Å². The van der Waals surface area contributed by atoms with E-state index in [0.717, 1.165) is 16.8 Å². The molecule has 3 nitrogen and oxygen atoms in total. The lowest BCUT2D eigenvalue weighted by Gasteiger charge is -2.23. The van der Waals surface area contributed by atoms with Gasteiger partial charge in [-0.3, -0.25) is 9.59 Å². The van der Waals surface area contributed by atoms with Crippen molar-refractivity contribution in [2.45, 2.75) is 26.7 Å². The van der Waals surface area contributed by atoms with Crippen LogP contribution >= 0.6 is 0 Å². The number of amides is 2. The van der Waals surface area contributed by atoms with Crippen LogP contribution in [0.1, 0.15) is 24.0 Å². The van der Waals surface area contributed by atoms with Crippen molar-refractivity contribution in [1.29, 1.82) is 0 Å². The van der Waals surface area contributed by atoms with Crippen molar-refractivity contribution in [3.05, 3.63) is 41.5 Å². The van der Waals surface area contributed by atoms with E-state index in [2.05, 4.69) is 12.2 Å². The largest absolute Gasteiger partial charge is 0.274 e. The minimum atomic E-state index is -0.107. The molecule has 1 heterocycles. The molecule has 1 aromatic carbocycles. The van der Waals surface area contributed by atoms with Gasteiger partial charge in [-0.05, 0) is 61.1 Å². The van der Waals surface area contributed by atoms with E-state index in [1.807, 2.05) is 32.0 Å². The summed E-state index contributed by atoms with van der Waals surface area (Å²) >= 11 is 0. The van der Waals surface area contributed by atoms with Crippen LogP contribution in [0, 0.1) is 42.9 Å². The van der Waals surface area contributed by atoms with Gasteiger partial charge in [0.05, 0.1) is 17.5 Å². The molecule has 0 unspecified atom stereocenters. The number of aryl methyl sites for hydroxylation is 2. The highest BCUT2D eigenvalue weighted by Crippen LogP contribution is 2.73. The fraction of sp³-hybridized carbons (Fsp3) is 0.474. The molecule has 1 aromatic rings. The summed E-state index contributed by atoms with van der Waals surface area (Å²) in [5, 5.41) is 0. The molecule has 0 radical (unpaired) electrons. The second kappa shape index (κ2) is 3.70. The number of carbonyl (C=O) groups excluding carboxylic acids is 2. The van der Waals surface area contributed by atoms with E-state index in [0.29, 0.717) is 11.8 Å². The van der Waals surface area contributed by atoms with Crippen LogP contribution in [0.15, 0.2) is 30.4 Å². The zero-order chi connectivity index (χ0) is 15.2. The fourth-order valence-corrected chi connectivity index (χ4v) is 5.28. The number of carbonyl (C=O) groups is 2. The maximum atomic E-state index is 13.0. The van der Waals surface area contributed by atoms with Crippen LogP contribution in [0.5, 0.6) is 0 Å². The average Bonchev–Trinajstić information content (AvgIpc) is 3.08. The van der Waals surface area contributed by atoms with E-state index in [1.165, 1.54) is 17.7 Å². The third-order valence-corrected chi connectivity index (χ3v) is 6.46. The van der Waals surface area contributed by atoms with Gasteiger partial charge in [-0.1, -0.05) is 24.3 Å². The third kappa shape index (κ3) is 1.25. The number of anilines is 1. The van der Waals surface area contributed by atoms with Crippen LogP contribution in [0.4, 0.5) is 5.69 Å². The number of allylic oxidation sites excluding steroid dienone is 2. The topological polar surface area (TPSA) is 37.4 Å². The van der Waals surface area contributed by atoms with Crippen molar-refractivity contribution in [3.63, 3.8) is 0 Å². The molecule has 4 aliphatic rings. The molecular formula is C19H19NO2. The van der Waals surface area contributed by atoms with Crippen LogP contribution < -0.4 is 4.90 Å². The predicted octanol–water partition coefficient (Wildman–Crippen LogP) is 3.01. The molecule has 2 saturated carbocycles. The summed E-state index contributed by atoms with van der Waals surface area (Å²) in [6, 6.07) is 5.98. The lowest BCUT2D eigenvalue weighted by atomic mass is 9.85. The summed E-state index contributed by atoms with van der Waals surface area (Å²) in [5.41, 5.74) is 3.13. The van der Waals surface area contributed by atoms with Crippen LogP contribution in [-0.2, 0) is 9.59 Å². The second-order valence-corrected chi connectivity index (χ2v) is 7.52. The zero-order valence-corrected chi connectivity index (χ0v) is 12.9. The summed E-state index contributed by atoms with van der Waals surface area (Å²) in [6.07, 6.45) is 6.81. The fourth-order valence-electron chi connectivity index (χ4n) is 5.28. The Kier molecular flexibility index (Phi) is 2.13. The molecule has 0 aromatic heterocycles. The Morgan fingerprint density at radius 2 is 1.59 bits per heavy atom. The Morgan fingerprint density at radius 1 is 1.00 bits per heavy atom. The molecule has 1 aliphatic heterocycles. The van der Waals surface area contributed by atoms with Crippen molar-refractivity contribution in [2.24, 2.45) is 29.1 Å². The van der Waals surface area contributed by atoms with Gasteiger partial charge < -0.3 is 0 Å². The highest BCUT2D eigenvalue weighted by molar-refractivity contribution is 6.23. The van der Waals surface area contributed by atoms with Gasteiger partial charge in [0.15, 0.2) is 0 Å². The standard InChI is InChI=1S/C19H19NO2/c1-10-3-4-11(2)14(9-10)20-17(21)15-12-5-6-13(16(15)18(20)22)19(12)7-8-19/h3-6,9,12-13,15-16H,7-8H2,1-2H3/t12-,13+,15-,16+. The van der Waals surface area contributed by atoms with Gasteiger partial charge in [-0.15, -0.1) is 0 Å². The quantitative estimate of drug-likeness (QED) is 0.589. The van der Waals surface area contributed by atoms with Gasteiger partial charge in [0.25, 0.3) is 0 Å². The van der Waals surface area contributed by atoms with Gasteiger partial charge in [0.2, 0.25) is 11.8 Å². The SMILES string of the molecule is Cc1ccc(C)c(N2C(=O)[C@@H]3[C@H](C2=O)[C@H]2C=C[C@@H]3C23CC3)c1. The van der Waals surface area contributed by atoms with Crippen molar-refractivity contribution in [1.82, 2.24) is 0 Å². The van der Waals surface area contributed by atoms with Crippen LogP contribution in [0.2, 0.25) is 0 Å². The Hall–Kier alpha value is -1.90. The second-order valence-electron chi connectivity index (χ2n) is 7.52. The molecule has 1 saturated heterocycles. The van der Waals surface area contributed by atoms with Gasteiger partial charge in [0, 0.05) is 0 Å². The smallest absolute Gasteiger partial charge is 0.238 e. The van der Waals surface area contributed by atoms with Gasteiger partial charge >= 0.3 is 0 Å². The first-order chi connectivity index (χ1) is 10.5. The highest BCUT2D eigenvalue weighted by Gasteiger charge is 2.73. The summed E-state index contributed by atoms with van der Waals surface area (Å²) in [4.78, 5) is 27.6. The van der Waals surface area contributed by atoms with E-state index >= 15 is 0 Å². The highest BCUT2D eigenvalue weighted by atomic mass is 16.2. The molecule has 2 bridgehead atoms. The summed E-state index contributed by atoms with van der Waals surface area (Å²) in [6.45, 7) is 3.97. The molecule has 22 heavy (non-hydrogen) atoms. The molecule has 3 fully saturated rings. The molecule has 4 atom stereocenters. The first-order valence-electron chi connectivity index (χ1n) is 8.18. The summed E-state index contributed by atoms with van der Waals surface area (Å²) < 4.78 is 0. The average molecular weight is 293 g/mol. The zero-order valence-electron chi connectivity index (χ0n) is 12.9. The number of imide groups is 1. The number of benzene rings is 1. The van der Waals surface area contributed by atoms with Crippen LogP contribution in [-0.4, -0.2) is 11.8 Å². The van der Waals surface area contributed by atoms with E-state index in [4.69, 9.17) is 0 Å². The van der Waals surface area contributed by atoms with Crippen LogP contribution in [0.25, 0.3) is 0 Å². The normalized spacial score (nSPS) is 36.5. The van der Waals surface area contributed by atoms with E-state index in [9.17, 15) is 9.59 Å². The molecule has 0 N–H and O–H groups in total. The van der Waals surface area contributed by atoms with E-state index < -0.39 is 0 Å². The number of rotatable bonds is 1. The van der Waals surface area contributed by atoms with Gasteiger partial charge in [0.1, 0.15) is 0 Å². The Morgan fingerprint density at radius 3 is 2.14 bits per heavy atom. The van der Waals surface area contributed by atoms with Gasteiger partial charge in [-0.25, -0.2) is 4.90 Å².